The summed E-state index contributed by atoms with van der Waals surface area (Å²) in [4.78, 5) is 10.8. The fraction of sp³-hybridized carbons (Fsp3) is 0.562. The lowest BCUT2D eigenvalue weighted by Crippen LogP contribution is -2.40. The maximum absolute atomic E-state index is 10.8. The summed E-state index contributed by atoms with van der Waals surface area (Å²) in [7, 11) is 0. The molecule has 0 amide bonds. The van der Waals surface area contributed by atoms with Crippen LogP contribution in [-0.4, -0.2) is 28.3 Å². The lowest BCUT2D eigenvalue weighted by atomic mass is 9.96. The van der Waals surface area contributed by atoms with Gasteiger partial charge in [-0.3, -0.25) is 4.79 Å². The molecule has 0 aliphatic carbocycles. The van der Waals surface area contributed by atoms with E-state index in [1.165, 1.54) is 0 Å². The minimum Gasteiger partial charge on any atom is -0.481 e. The van der Waals surface area contributed by atoms with Crippen LogP contribution >= 0.6 is 0 Å². The number of carboxylic acids is 1. The average Bonchev–Trinajstić information content (AvgIpc) is 2.43. The van der Waals surface area contributed by atoms with Gasteiger partial charge in [-0.05, 0) is 32.3 Å². The Kier molecular flexibility index (Phi) is 6.68. The molecule has 0 saturated heterocycles. The molecule has 3 N–H and O–H groups in total. The number of carbonyl (C=O) groups is 1. The van der Waals surface area contributed by atoms with Crippen molar-refractivity contribution in [1.29, 1.82) is 0 Å². The molecule has 0 spiro atoms. The van der Waals surface area contributed by atoms with Crippen LogP contribution in [0, 0.1) is 6.92 Å². The van der Waals surface area contributed by atoms with Gasteiger partial charge in [0.1, 0.15) is 0 Å². The quantitative estimate of drug-likeness (QED) is 0.684. The summed E-state index contributed by atoms with van der Waals surface area (Å²) in [5.41, 5.74) is 1.96. The highest BCUT2D eigenvalue weighted by molar-refractivity contribution is 5.66. The van der Waals surface area contributed by atoms with E-state index >= 15 is 0 Å². The van der Waals surface area contributed by atoms with Crippen molar-refractivity contribution in [3.8, 4) is 0 Å². The number of carboxylic acid groups (broad SMARTS) is 1. The Balaban J connectivity index is 2.78. The number of aryl methyl sites for hydroxylation is 1. The molecule has 0 aliphatic rings. The zero-order valence-electron chi connectivity index (χ0n) is 12.5. The molecule has 0 saturated carbocycles. The van der Waals surface area contributed by atoms with E-state index in [2.05, 4.69) is 12.2 Å². The number of aliphatic carboxylic acids is 1. The van der Waals surface area contributed by atoms with Gasteiger partial charge in [0.2, 0.25) is 0 Å². The fourth-order valence-corrected chi connectivity index (χ4v) is 2.09. The van der Waals surface area contributed by atoms with Gasteiger partial charge in [-0.25, -0.2) is 0 Å². The third kappa shape index (κ3) is 5.31. The second kappa shape index (κ2) is 8.02. The fourth-order valence-electron chi connectivity index (χ4n) is 2.09. The van der Waals surface area contributed by atoms with Crippen LogP contribution in [0.3, 0.4) is 0 Å². The summed E-state index contributed by atoms with van der Waals surface area (Å²) >= 11 is 0. The van der Waals surface area contributed by atoms with Gasteiger partial charge in [-0.2, -0.15) is 0 Å². The molecular weight excluding hydrogens is 254 g/mol. The average molecular weight is 279 g/mol. The maximum atomic E-state index is 10.8. The van der Waals surface area contributed by atoms with Gasteiger partial charge >= 0.3 is 5.97 Å². The molecule has 112 valence electrons. The SMILES string of the molecule is CCC(C)NC(CCC(=O)O)C(O)c1ccc(C)cc1. The lowest BCUT2D eigenvalue weighted by Gasteiger charge is -2.27. The first-order valence-corrected chi connectivity index (χ1v) is 7.16. The van der Waals surface area contributed by atoms with Crippen molar-refractivity contribution in [2.75, 3.05) is 0 Å². The van der Waals surface area contributed by atoms with E-state index in [-0.39, 0.29) is 18.5 Å². The van der Waals surface area contributed by atoms with E-state index in [4.69, 9.17) is 5.11 Å². The maximum Gasteiger partial charge on any atom is 0.303 e. The predicted octanol–water partition coefficient (Wildman–Crippen LogP) is 2.65. The zero-order chi connectivity index (χ0) is 15.1. The highest BCUT2D eigenvalue weighted by Gasteiger charge is 2.22. The largest absolute Gasteiger partial charge is 0.481 e. The number of rotatable bonds is 8. The van der Waals surface area contributed by atoms with Crippen LogP contribution in [0.4, 0.5) is 0 Å². The Morgan fingerprint density at radius 3 is 2.40 bits per heavy atom. The number of hydrogen-bond donors (Lipinski definition) is 3. The second-order valence-electron chi connectivity index (χ2n) is 5.37. The molecule has 4 heteroatoms. The van der Waals surface area contributed by atoms with E-state index in [0.717, 1.165) is 17.5 Å². The van der Waals surface area contributed by atoms with Gasteiger partial charge in [-0.15, -0.1) is 0 Å². The number of aliphatic hydroxyl groups excluding tert-OH is 1. The summed E-state index contributed by atoms with van der Waals surface area (Å²) in [6.45, 7) is 6.09. The Labute approximate surface area is 120 Å². The van der Waals surface area contributed by atoms with Gasteiger partial charge < -0.3 is 15.5 Å². The van der Waals surface area contributed by atoms with Crippen LogP contribution in [-0.2, 0) is 4.79 Å². The Morgan fingerprint density at radius 1 is 1.30 bits per heavy atom. The van der Waals surface area contributed by atoms with Crippen molar-refractivity contribution in [1.82, 2.24) is 5.32 Å². The molecule has 3 unspecified atom stereocenters. The van der Waals surface area contributed by atoms with Crippen LogP contribution in [0.1, 0.15) is 50.3 Å². The number of nitrogens with one attached hydrogen (secondary N) is 1. The van der Waals surface area contributed by atoms with Crippen LogP contribution < -0.4 is 5.32 Å². The predicted molar refractivity (Wildman–Crippen MR) is 79.7 cm³/mol. The molecule has 0 fully saturated rings. The molecule has 1 aromatic rings. The first kappa shape index (κ1) is 16.7. The number of hydrogen-bond acceptors (Lipinski definition) is 3. The Morgan fingerprint density at radius 2 is 1.90 bits per heavy atom. The molecule has 0 bridgehead atoms. The highest BCUT2D eigenvalue weighted by Crippen LogP contribution is 2.21. The normalized spacial score (nSPS) is 15.6. The smallest absolute Gasteiger partial charge is 0.303 e. The van der Waals surface area contributed by atoms with E-state index in [0.29, 0.717) is 6.42 Å². The van der Waals surface area contributed by atoms with Gasteiger partial charge in [0.25, 0.3) is 0 Å². The van der Waals surface area contributed by atoms with Crippen LogP contribution in [0.5, 0.6) is 0 Å². The van der Waals surface area contributed by atoms with E-state index in [1.807, 2.05) is 38.1 Å². The number of aliphatic hydroxyl groups is 1. The van der Waals surface area contributed by atoms with Crippen LogP contribution in [0.15, 0.2) is 24.3 Å². The summed E-state index contributed by atoms with van der Waals surface area (Å²) in [6.07, 6.45) is 0.708. The summed E-state index contributed by atoms with van der Waals surface area (Å²) in [5, 5.41) is 22.6. The standard InChI is InChI=1S/C16H25NO3/c1-4-12(3)17-14(9-10-15(18)19)16(20)13-7-5-11(2)6-8-13/h5-8,12,14,16-17,20H,4,9-10H2,1-3H3,(H,18,19). The van der Waals surface area contributed by atoms with E-state index < -0.39 is 12.1 Å². The van der Waals surface area contributed by atoms with E-state index in [9.17, 15) is 9.90 Å². The van der Waals surface area contributed by atoms with Crippen LogP contribution in [0.25, 0.3) is 0 Å². The zero-order valence-corrected chi connectivity index (χ0v) is 12.5. The monoisotopic (exact) mass is 279 g/mol. The Hall–Kier alpha value is -1.39. The summed E-state index contributed by atoms with van der Waals surface area (Å²) in [6, 6.07) is 7.70. The Bertz CT molecular complexity index is 416. The minimum atomic E-state index is -0.836. The second-order valence-corrected chi connectivity index (χ2v) is 5.37. The third-order valence-electron chi connectivity index (χ3n) is 3.58. The molecule has 0 aromatic heterocycles. The molecule has 0 aliphatic heterocycles. The summed E-state index contributed by atoms with van der Waals surface area (Å²) in [5.74, 6) is -0.836. The molecule has 1 aromatic carbocycles. The molecule has 0 radical (unpaired) electrons. The van der Waals surface area contributed by atoms with Crippen molar-refractivity contribution in [3.63, 3.8) is 0 Å². The van der Waals surface area contributed by atoms with Gasteiger partial charge in [0, 0.05) is 18.5 Å². The van der Waals surface area contributed by atoms with E-state index in [1.54, 1.807) is 0 Å². The van der Waals surface area contributed by atoms with Crippen LogP contribution in [0.2, 0.25) is 0 Å². The molecule has 4 nitrogen and oxygen atoms in total. The van der Waals surface area contributed by atoms with Crippen molar-refractivity contribution in [2.45, 2.75) is 58.2 Å². The summed E-state index contributed by atoms with van der Waals surface area (Å²) < 4.78 is 0. The van der Waals surface area contributed by atoms with Crippen molar-refractivity contribution >= 4 is 5.97 Å². The molecular formula is C16H25NO3. The lowest BCUT2D eigenvalue weighted by molar-refractivity contribution is -0.137. The minimum absolute atomic E-state index is 0.0526. The third-order valence-corrected chi connectivity index (χ3v) is 3.58. The highest BCUT2D eigenvalue weighted by atomic mass is 16.4. The topological polar surface area (TPSA) is 69.6 Å². The van der Waals surface area contributed by atoms with Crippen molar-refractivity contribution < 1.29 is 15.0 Å². The van der Waals surface area contributed by atoms with Gasteiger partial charge in [0.15, 0.2) is 0 Å². The van der Waals surface area contributed by atoms with Gasteiger partial charge in [-0.1, -0.05) is 36.8 Å². The molecule has 3 atom stereocenters. The number of benzene rings is 1. The molecule has 20 heavy (non-hydrogen) atoms. The first-order chi connectivity index (χ1) is 9.43. The molecule has 0 heterocycles. The molecule has 1 rings (SSSR count). The van der Waals surface area contributed by atoms with Crippen molar-refractivity contribution in [2.24, 2.45) is 0 Å². The van der Waals surface area contributed by atoms with Crippen molar-refractivity contribution in [3.05, 3.63) is 35.4 Å². The first-order valence-electron chi connectivity index (χ1n) is 7.16. The van der Waals surface area contributed by atoms with Gasteiger partial charge in [0.05, 0.1) is 6.10 Å².